The van der Waals surface area contributed by atoms with Crippen molar-refractivity contribution >= 4 is 29.1 Å². The zero-order valence-corrected chi connectivity index (χ0v) is 24.2. The minimum Gasteiger partial charge on any atom is -0.510 e. The standard InChI is InChI=1S/C31H34N4O8/c1-34(2)22(14-8-6-5-7-9-14)30(42)33-18-11-10-15-12-16-13-17-23(35(3)4)26(38)21(29(32)41)28(40)31(17,43)27(39)20(16)25(37)19(15)24(18)36/h5-11,16-17,22-23,36,38-39,43H,12-13H2,1-4H3,(H2,32,41)(H,33,42)/t16?,17?,22?,23-,31?/m0/s1. The quantitative estimate of drug-likeness (QED) is 0.211. The van der Waals surface area contributed by atoms with Gasteiger partial charge in [0.25, 0.3) is 5.91 Å². The number of carbonyl (C=O) groups excluding carboxylic acids is 4. The van der Waals surface area contributed by atoms with Gasteiger partial charge < -0.3 is 31.5 Å². The maximum atomic E-state index is 13.9. The first kappa shape index (κ1) is 30.0. The number of aliphatic hydroxyl groups excluding tert-OH is 2. The van der Waals surface area contributed by atoms with Crippen molar-refractivity contribution in [3.05, 3.63) is 81.8 Å². The van der Waals surface area contributed by atoms with Crippen LogP contribution >= 0.6 is 0 Å². The second-order valence-electron chi connectivity index (χ2n) is 11.7. The lowest BCUT2D eigenvalue weighted by atomic mass is 9.58. The Morgan fingerprint density at radius 1 is 1.02 bits per heavy atom. The highest BCUT2D eigenvalue weighted by atomic mass is 16.3. The summed E-state index contributed by atoms with van der Waals surface area (Å²) >= 11 is 0. The number of hydrogen-bond donors (Lipinski definition) is 6. The lowest BCUT2D eigenvalue weighted by Crippen LogP contribution is -2.63. The number of allylic oxidation sites excluding steroid dienone is 1. The van der Waals surface area contributed by atoms with E-state index in [1.54, 1.807) is 63.4 Å². The van der Waals surface area contributed by atoms with E-state index in [0.717, 1.165) is 0 Å². The summed E-state index contributed by atoms with van der Waals surface area (Å²) in [6.45, 7) is 0. The van der Waals surface area contributed by atoms with Crippen molar-refractivity contribution in [2.45, 2.75) is 30.5 Å². The molecule has 226 valence electrons. The van der Waals surface area contributed by atoms with Gasteiger partial charge in [-0.3, -0.25) is 29.0 Å². The lowest BCUT2D eigenvalue weighted by molar-refractivity contribution is -0.148. The van der Waals surface area contributed by atoms with Gasteiger partial charge in [0, 0.05) is 11.5 Å². The SMILES string of the molecule is CN(C)C(C(=O)Nc1ccc2c(c1O)C(=O)C1=C(O)C3(O)C(=O)C(C(N)=O)=C(O)[C@@H](N(C)C)C3CC1C2)c1ccccc1. The number of phenolic OH excluding ortho intramolecular Hbond substituents is 1. The monoisotopic (exact) mass is 590 g/mol. The number of rotatable bonds is 6. The van der Waals surface area contributed by atoms with Crippen molar-refractivity contribution in [3.63, 3.8) is 0 Å². The normalized spacial score (nSPS) is 25.8. The third kappa shape index (κ3) is 4.49. The molecule has 2 aromatic carbocycles. The number of Topliss-reactive ketones (excluding diaryl/α,β-unsaturated/α-hetero) is 2. The number of primary amides is 1. The molecule has 0 fully saturated rings. The largest absolute Gasteiger partial charge is 0.510 e. The number of ketones is 2. The van der Waals surface area contributed by atoms with Crippen LogP contribution in [0.2, 0.25) is 0 Å². The van der Waals surface area contributed by atoms with Crippen LogP contribution in [0.4, 0.5) is 5.69 Å². The van der Waals surface area contributed by atoms with E-state index < -0.39 is 75.7 Å². The number of aromatic hydroxyl groups is 1. The van der Waals surface area contributed by atoms with E-state index >= 15 is 0 Å². The molecule has 12 nitrogen and oxygen atoms in total. The maximum Gasteiger partial charge on any atom is 0.255 e. The Kier molecular flexibility index (Phi) is 7.41. The Balaban J connectivity index is 1.56. The summed E-state index contributed by atoms with van der Waals surface area (Å²) in [7, 11) is 6.60. The van der Waals surface area contributed by atoms with Crippen LogP contribution in [0.5, 0.6) is 5.75 Å². The fourth-order valence-electron chi connectivity index (χ4n) is 6.85. The second-order valence-corrected chi connectivity index (χ2v) is 11.7. The topological polar surface area (TPSA) is 194 Å². The van der Waals surface area contributed by atoms with E-state index in [-0.39, 0.29) is 29.7 Å². The van der Waals surface area contributed by atoms with Gasteiger partial charge in [-0.1, -0.05) is 36.4 Å². The summed E-state index contributed by atoms with van der Waals surface area (Å²) < 4.78 is 0. The fraction of sp³-hybridized carbons (Fsp3) is 0.355. The zero-order valence-electron chi connectivity index (χ0n) is 24.2. The first-order chi connectivity index (χ1) is 20.2. The summed E-state index contributed by atoms with van der Waals surface area (Å²) in [5, 5.41) is 47.9. The summed E-state index contributed by atoms with van der Waals surface area (Å²) in [6, 6.07) is 10.3. The molecule has 7 N–H and O–H groups in total. The summed E-state index contributed by atoms with van der Waals surface area (Å²) in [4.78, 5) is 56.0. The van der Waals surface area contributed by atoms with Crippen LogP contribution in [-0.4, -0.2) is 93.4 Å². The van der Waals surface area contributed by atoms with Gasteiger partial charge in [-0.25, -0.2) is 0 Å². The van der Waals surface area contributed by atoms with E-state index in [0.29, 0.717) is 11.1 Å². The number of amides is 2. The number of fused-ring (bicyclic) bond motifs is 3. The molecule has 2 amide bonds. The summed E-state index contributed by atoms with van der Waals surface area (Å²) in [6.07, 6.45) is 0.146. The van der Waals surface area contributed by atoms with Crippen molar-refractivity contribution in [2.75, 3.05) is 33.5 Å². The fourth-order valence-corrected chi connectivity index (χ4v) is 6.85. The van der Waals surface area contributed by atoms with Crippen LogP contribution in [0.1, 0.15) is 33.9 Å². The van der Waals surface area contributed by atoms with Crippen LogP contribution in [0.25, 0.3) is 0 Å². The second kappa shape index (κ2) is 10.6. The molecular formula is C31H34N4O8. The molecule has 0 spiro atoms. The molecule has 0 aliphatic heterocycles. The predicted molar refractivity (Wildman–Crippen MR) is 155 cm³/mol. The highest BCUT2D eigenvalue weighted by Crippen LogP contribution is 2.52. The third-order valence-electron chi connectivity index (χ3n) is 8.73. The third-order valence-corrected chi connectivity index (χ3v) is 8.73. The maximum absolute atomic E-state index is 13.9. The molecule has 5 atom stereocenters. The van der Waals surface area contributed by atoms with Gasteiger partial charge in [0.05, 0.1) is 17.3 Å². The van der Waals surface area contributed by atoms with E-state index in [1.165, 1.54) is 11.0 Å². The highest BCUT2D eigenvalue weighted by Gasteiger charge is 2.63. The first-order valence-electron chi connectivity index (χ1n) is 13.7. The number of nitrogens with one attached hydrogen (secondary N) is 1. The van der Waals surface area contributed by atoms with Gasteiger partial charge in [0.1, 0.15) is 23.1 Å². The number of phenols is 1. The number of carbonyl (C=O) groups is 4. The van der Waals surface area contributed by atoms with E-state index in [4.69, 9.17) is 5.73 Å². The summed E-state index contributed by atoms with van der Waals surface area (Å²) in [5.41, 5.74) is 2.46. The van der Waals surface area contributed by atoms with Gasteiger partial charge in [-0.05, 0) is 64.1 Å². The molecule has 5 rings (SSSR count). The number of aliphatic hydroxyl groups is 3. The molecule has 0 saturated carbocycles. The first-order valence-corrected chi connectivity index (χ1v) is 13.7. The molecule has 0 aromatic heterocycles. The molecule has 0 saturated heterocycles. The van der Waals surface area contributed by atoms with E-state index in [1.807, 2.05) is 6.07 Å². The van der Waals surface area contributed by atoms with Crippen molar-refractivity contribution < 1.29 is 39.6 Å². The number of nitrogens with two attached hydrogens (primary N) is 1. The van der Waals surface area contributed by atoms with Crippen LogP contribution < -0.4 is 11.1 Å². The van der Waals surface area contributed by atoms with Gasteiger partial charge in [0.2, 0.25) is 11.7 Å². The van der Waals surface area contributed by atoms with Gasteiger partial charge in [-0.15, -0.1) is 0 Å². The van der Waals surface area contributed by atoms with Crippen molar-refractivity contribution in [1.82, 2.24) is 9.80 Å². The Hall–Kier alpha value is -4.52. The molecule has 3 aliphatic carbocycles. The van der Waals surface area contributed by atoms with Gasteiger partial charge >= 0.3 is 0 Å². The Morgan fingerprint density at radius 3 is 2.26 bits per heavy atom. The molecule has 0 radical (unpaired) electrons. The van der Waals surface area contributed by atoms with Crippen LogP contribution in [0.15, 0.2) is 65.1 Å². The van der Waals surface area contributed by atoms with Crippen molar-refractivity contribution in [2.24, 2.45) is 17.6 Å². The van der Waals surface area contributed by atoms with Crippen LogP contribution in [0.3, 0.4) is 0 Å². The van der Waals surface area contributed by atoms with E-state index in [9.17, 15) is 39.6 Å². The molecule has 4 unspecified atom stereocenters. The molecule has 0 bridgehead atoms. The minimum atomic E-state index is -2.72. The average molecular weight is 591 g/mol. The molecule has 43 heavy (non-hydrogen) atoms. The van der Waals surface area contributed by atoms with Crippen molar-refractivity contribution in [1.29, 1.82) is 0 Å². The molecule has 3 aliphatic rings. The smallest absolute Gasteiger partial charge is 0.255 e. The number of anilines is 1. The number of likely N-dealkylation sites (N-methyl/N-ethyl adjacent to an activating group) is 2. The summed E-state index contributed by atoms with van der Waals surface area (Å²) in [5.74, 6) is -7.75. The highest BCUT2D eigenvalue weighted by molar-refractivity contribution is 6.25. The molecular weight excluding hydrogens is 556 g/mol. The predicted octanol–water partition coefficient (Wildman–Crippen LogP) is 1.36. The molecule has 2 aromatic rings. The van der Waals surface area contributed by atoms with Crippen LogP contribution in [-0.2, 0) is 20.8 Å². The van der Waals surface area contributed by atoms with E-state index in [2.05, 4.69) is 5.32 Å². The lowest BCUT2D eigenvalue weighted by Gasteiger charge is -2.50. The van der Waals surface area contributed by atoms with Crippen LogP contribution in [0, 0.1) is 11.8 Å². The molecule has 12 heteroatoms. The van der Waals surface area contributed by atoms with Gasteiger partial charge in [-0.2, -0.15) is 0 Å². The number of benzene rings is 2. The average Bonchev–Trinajstić information content (AvgIpc) is 2.92. The Morgan fingerprint density at radius 2 is 1.67 bits per heavy atom. The Bertz CT molecular complexity index is 1610. The minimum absolute atomic E-state index is 0.00734. The molecule has 0 heterocycles. The zero-order chi connectivity index (χ0) is 31.5. The van der Waals surface area contributed by atoms with Gasteiger partial charge in [0.15, 0.2) is 17.1 Å². The Labute approximate surface area is 247 Å². The number of nitrogens with zero attached hydrogens (tertiary/aromatic N) is 2. The van der Waals surface area contributed by atoms with Crippen molar-refractivity contribution in [3.8, 4) is 5.75 Å². The number of hydrogen-bond acceptors (Lipinski definition) is 10.